The predicted octanol–water partition coefficient (Wildman–Crippen LogP) is 9.92. The molecule has 0 aromatic heterocycles. The minimum atomic E-state index is -0.344. The molecule has 0 aliphatic rings. The van der Waals surface area contributed by atoms with Crippen LogP contribution >= 0.6 is 0 Å². The molecule has 0 saturated carbocycles. The molecule has 0 spiro atoms. The van der Waals surface area contributed by atoms with Gasteiger partial charge < -0.3 is 28.4 Å². The summed E-state index contributed by atoms with van der Waals surface area (Å²) in [5.41, 5.74) is 4.92. The number of benzene rings is 6. The van der Waals surface area contributed by atoms with Crippen molar-refractivity contribution in [2.45, 2.75) is 26.4 Å². The van der Waals surface area contributed by atoms with E-state index in [1.807, 2.05) is 140 Å². The van der Waals surface area contributed by atoms with Crippen LogP contribution in [0.1, 0.15) is 38.2 Å². The molecule has 6 aromatic carbocycles. The van der Waals surface area contributed by atoms with Crippen molar-refractivity contribution in [2.75, 3.05) is 14.2 Å². The molecule has 0 heterocycles. The number of carbonyl (C=O) groups excluding carboxylic acids is 1. The number of ketones is 1. The Hall–Kier alpha value is -6.47. The second-order valence-electron chi connectivity index (χ2n) is 11.8. The standard InChI is InChI=1S/C45H40O7/c1-47-44-42(52-32-37-21-13-6-14-22-37)28-41(51-31-36-19-11-5-12-20-36)43(45(44)48-2)38(46)25-23-33-24-26-39(49-29-34-15-7-3-8-16-34)40(27-33)50-30-35-17-9-4-10-18-35/h3-28H,29-32H2,1-2H3/b25-23+. The topological polar surface area (TPSA) is 72.5 Å². The van der Waals surface area contributed by atoms with Crippen molar-refractivity contribution in [3.63, 3.8) is 0 Å². The summed E-state index contributed by atoms with van der Waals surface area (Å²) >= 11 is 0. The molecule has 0 N–H and O–H groups in total. The van der Waals surface area contributed by atoms with Crippen LogP contribution in [0.15, 0.2) is 152 Å². The molecule has 0 atom stereocenters. The molecule has 0 bridgehead atoms. The maximum absolute atomic E-state index is 14.1. The molecule has 6 aromatic rings. The predicted molar refractivity (Wildman–Crippen MR) is 202 cm³/mol. The average molecular weight is 693 g/mol. The lowest BCUT2D eigenvalue weighted by Gasteiger charge is -2.20. The molecule has 6 rings (SSSR count). The van der Waals surface area contributed by atoms with Gasteiger partial charge in [0.1, 0.15) is 37.7 Å². The normalized spacial score (nSPS) is 10.8. The second kappa shape index (κ2) is 18.0. The summed E-state index contributed by atoms with van der Waals surface area (Å²) in [7, 11) is 3.00. The number of hydrogen-bond donors (Lipinski definition) is 0. The molecular formula is C45H40O7. The fourth-order valence-electron chi connectivity index (χ4n) is 5.49. The van der Waals surface area contributed by atoms with Gasteiger partial charge in [-0.15, -0.1) is 0 Å². The lowest BCUT2D eigenvalue weighted by atomic mass is 10.0. The average Bonchev–Trinajstić information content (AvgIpc) is 3.21. The minimum absolute atomic E-state index is 0.210. The lowest BCUT2D eigenvalue weighted by Crippen LogP contribution is -2.08. The molecule has 0 unspecified atom stereocenters. The van der Waals surface area contributed by atoms with Gasteiger partial charge >= 0.3 is 0 Å². The Bertz CT molecular complexity index is 2060. The molecule has 0 aliphatic heterocycles. The Morgan fingerprint density at radius 2 is 0.885 bits per heavy atom. The van der Waals surface area contributed by atoms with Gasteiger partial charge in [0, 0.05) is 6.07 Å². The summed E-state index contributed by atoms with van der Waals surface area (Å²) in [4.78, 5) is 14.1. The maximum atomic E-state index is 14.1. The van der Waals surface area contributed by atoms with Gasteiger partial charge in [-0.2, -0.15) is 0 Å². The van der Waals surface area contributed by atoms with Gasteiger partial charge in [-0.25, -0.2) is 0 Å². The molecule has 0 aliphatic carbocycles. The van der Waals surface area contributed by atoms with Crippen molar-refractivity contribution in [3.05, 3.63) is 185 Å². The van der Waals surface area contributed by atoms with Gasteiger partial charge in [-0.1, -0.05) is 133 Å². The summed E-state index contributed by atoms with van der Waals surface area (Å²) in [6.07, 6.45) is 3.21. The van der Waals surface area contributed by atoms with Crippen LogP contribution in [0.25, 0.3) is 6.08 Å². The van der Waals surface area contributed by atoms with E-state index in [2.05, 4.69) is 0 Å². The van der Waals surface area contributed by atoms with Crippen molar-refractivity contribution in [2.24, 2.45) is 0 Å². The second-order valence-corrected chi connectivity index (χ2v) is 11.8. The number of methoxy groups -OCH3 is 2. The van der Waals surface area contributed by atoms with E-state index >= 15 is 0 Å². The Kier molecular flexibility index (Phi) is 12.2. The highest BCUT2D eigenvalue weighted by Gasteiger charge is 2.26. The number of rotatable bonds is 17. The molecular weight excluding hydrogens is 652 g/mol. The van der Waals surface area contributed by atoms with E-state index in [1.165, 1.54) is 20.3 Å². The first-order valence-electron chi connectivity index (χ1n) is 16.9. The first-order valence-corrected chi connectivity index (χ1v) is 16.9. The molecule has 7 nitrogen and oxygen atoms in total. The molecule has 0 saturated heterocycles. The van der Waals surface area contributed by atoms with Gasteiger partial charge in [0.15, 0.2) is 28.8 Å². The third-order valence-corrected chi connectivity index (χ3v) is 8.16. The lowest BCUT2D eigenvalue weighted by molar-refractivity contribution is 0.103. The summed E-state index contributed by atoms with van der Waals surface area (Å²) in [5.74, 6) is 2.00. The molecule has 0 amide bonds. The molecule has 0 radical (unpaired) electrons. The van der Waals surface area contributed by atoms with Crippen molar-refractivity contribution < 1.29 is 33.2 Å². The smallest absolute Gasteiger partial charge is 0.204 e. The minimum Gasteiger partial charge on any atom is -0.492 e. The van der Waals surface area contributed by atoms with Crippen LogP contribution in [0.2, 0.25) is 0 Å². The van der Waals surface area contributed by atoms with E-state index in [0.717, 1.165) is 27.8 Å². The van der Waals surface area contributed by atoms with Crippen LogP contribution in [-0.4, -0.2) is 20.0 Å². The van der Waals surface area contributed by atoms with Crippen LogP contribution in [0.5, 0.6) is 34.5 Å². The van der Waals surface area contributed by atoms with E-state index in [9.17, 15) is 4.79 Å². The molecule has 262 valence electrons. The molecule has 52 heavy (non-hydrogen) atoms. The van der Waals surface area contributed by atoms with E-state index in [4.69, 9.17) is 28.4 Å². The Morgan fingerprint density at radius 1 is 0.462 bits per heavy atom. The van der Waals surface area contributed by atoms with Crippen LogP contribution in [-0.2, 0) is 26.4 Å². The van der Waals surface area contributed by atoms with Gasteiger partial charge in [0.05, 0.1) is 14.2 Å². The number of ether oxygens (including phenoxy) is 6. The fourth-order valence-corrected chi connectivity index (χ4v) is 5.49. The number of carbonyl (C=O) groups is 1. The van der Waals surface area contributed by atoms with E-state index in [-0.39, 0.29) is 30.3 Å². The zero-order valence-corrected chi connectivity index (χ0v) is 29.2. The largest absolute Gasteiger partial charge is 0.492 e. The van der Waals surface area contributed by atoms with E-state index < -0.39 is 0 Å². The Labute approximate surface area is 304 Å². The third-order valence-electron chi connectivity index (χ3n) is 8.16. The Balaban J connectivity index is 1.30. The molecule has 7 heteroatoms. The summed E-state index contributed by atoms with van der Waals surface area (Å²) in [6, 6.07) is 46.6. The van der Waals surface area contributed by atoms with Crippen molar-refractivity contribution in [1.82, 2.24) is 0 Å². The zero-order chi connectivity index (χ0) is 36.0. The summed E-state index contributed by atoms with van der Waals surface area (Å²) < 4.78 is 36.5. The third kappa shape index (κ3) is 9.40. The summed E-state index contributed by atoms with van der Waals surface area (Å²) in [6.45, 7) is 1.25. The highest BCUT2D eigenvalue weighted by atomic mass is 16.5. The number of allylic oxidation sites excluding steroid dienone is 1. The van der Waals surface area contributed by atoms with Crippen molar-refractivity contribution in [3.8, 4) is 34.5 Å². The quantitative estimate of drug-likeness (QED) is 0.0696. The van der Waals surface area contributed by atoms with Crippen LogP contribution in [0, 0.1) is 0 Å². The maximum Gasteiger partial charge on any atom is 0.204 e. The zero-order valence-electron chi connectivity index (χ0n) is 29.2. The number of hydrogen-bond acceptors (Lipinski definition) is 7. The van der Waals surface area contributed by atoms with Crippen LogP contribution in [0.3, 0.4) is 0 Å². The first-order chi connectivity index (χ1) is 25.6. The van der Waals surface area contributed by atoms with Crippen LogP contribution in [0.4, 0.5) is 0 Å². The summed E-state index contributed by atoms with van der Waals surface area (Å²) in [5, 5.41) is 0. The van der Waals surface area contributed by atoms with Gasteiger partial charge in [0.2, 0.25) is 5.75 Å². The monoisotopic (exact) mass is 692 g/mol. The van der Waals surface area contributed by atoms with E-state index in [0.29, 0.717) is 42.0 Å². The fraction of sp³-hybridized carbons (Fsp3) is 0.133. The first kappa shape index (κ1) is 35.4. The molecule has 0 fully saturated rings. The van der Waals surface area contributed by atoms with Gasteiger partial charge in [-0.05, 0) is 46.0 Å². The SMILES string of the molecule is COc1c(OCc2ccccc2)cc(OCc2ccccc2)c(C(=O)/C=C/c2ccc(OCc3ccccc3)c(OCc3ccccc3)c2)c1OC. The van der Waals surface area contributed by atoms with Crippen molar-refractivity contribution in [1.29, 1.82) is 0 Å². The highest BCUT2D eigenvalue weighted by molar-refractivity contribution is 6.11. The highest BCUT2D eigenvalue weighted by Crippen LogP contribution is 2.46. The van der Waals surface area contributed by atoms with Crippen LogP contribution < -0.4 is 28.4 Å². The van der Waals surface area contributed by atoms with Crippen molar-refractivity contribution >= 4 is 11.9 Å². The van der Waals surface area contributed by atoms with Gasteiger partial charge in [0.25, 0.3) is 0 Å². The van der Waals surface area contributed by atoms with E-state index in [1.54, 1.807) is 12.1 Å². The van der Waals surface area contributed by atoms with Gasteiger partial charge in [-0.3, -0.25) is 4.79 Å². The Morgan fingerprint density at radius 3 is 1.35 bits per heavy atom.